The van der Waals surface area contributed by atoms with Gasteiger partial charge in [0.05, 0.1) is 0 Å². The monoisotopic (exact) mass is 451 g/mol. The van der Waals surface area contributed by atoms with Crippen LogP contribution in [0.3, 0.4) is 0 Å². The normalized spacial score (nSPS) is 15.0. The van der Waals surface area contributed by atoms with Gasteiger partial charge in [-0.05, 0) is 38.1 Å². The number of hydrogen-bond donors (Lipinski definition) is 2. The van der Waals surface area contributed by atoms with Gasteiger partial charge in [-0.2, -0.15) is 4.31 Å². The number of piperazine rings is 1. The Bertz CT molecular complexity index is 1020. The van der Waals surface area contributed by atoms with E-state index in [9.17, 15) is 18.0 Å². The zero-order valence-corrected chi connectivity index (χ0v) is 18.4. The number of anilines is 2. The predicted octanol–water partition coefficient (Wildman–Crippen LogP) is 1.41. The number of nitrogens with one attached hydrogen (secondary N) is 2. The van der Waals surface area contributed by atoms with Gasteiger partial charge in [0.2, 0.25) is 15.9 Å². The second-order valence-electron chi connectivity index (χ2n) is 7.03. The highest BCUT2D eigenvalue weighted by Crippen LogP contribution is 2.24. The molecule has 2 heterocycles. The molecule has 3 amide bonds. The minimum atomic E-state index is -3.73. The van der Waals surface area contributed by atoms with Crippen molar-refractivity contribution in [1.29, 1.82) is 0 Å². The Balaban J connectivity index is 1.55. The second kappa shape index (κ2) is 9.45. The highest BCUT2D eigenvalue weighted by atomic mass is 32.2. The number of aromatic nitrogens is 1. The van der Waals surface area contributed by atoms with Crippen LogP contribution in [0.15, 0.2) is 33.7 Å². The van der Waals surface area contributed by atoms with Crippen LogP contribution in [0, 0.1) is 13.8 Å². The number of benzene rings is 1. The average Bonchev–Trinajstić information content (AvgIpc) is 3.08. The Morgan fingerprint density at radius 2 is 1.65 bits per heavy atom. The fourth-order valence-electron chi connectivity index (χ4n) is 3.27. The van der Waals surface area contributed by atoms with Crippen molar-refractivity contribution < 1.29 is 27.3 Å². The quantitative estimate of drug-likeness (QED) is 0.678. The van der Waals surface area contributed by atoms with Gasteiger partial charge in [-0.3, -0.25) is 4.79 Å². The number of urea groups is 1. The Hall–Kier alpha value is -2.96. The van der Waals surface area contributed by atoms with E-state index < -0.39 is 10.0 Å². The number of amides is 3. The van der Waals surface area contributed by atoms with E-state index in [4.69, 9.17) is 9.26 Å². The highest BCUT2D eigenvalue weighted by molar-refractivity contribution is 7.89. The lowest BCUT2D eigenvalue weighted by Crippen LogP contribution is -2.51. The summed E-state index contributed by atoms with van der Waals surface area (Å²) in [6.45, 7) is 3.94. The summed E-state index contributed by atoms with van der Waals surface area (Å²) in [5, 5.41) is 9.15. The summed E-state index contributed by atoms with van der Waals surface area (Å²) in [6.07, 6.45) is 0. The summed E-state index contributed by atoms with van der Waals surface area (Å²) >= 11 is 0. The summed E-state index contributed by atoms with van der Waals surface area (Å²) < 4.78 is 36.8. The summed E-state index contributed by atoms with van der Waals surface area (Å²) in [7, 11) is -2.30. The molecule has 1 saturated heterocycles. The Labute approximate surface area is 180 Å². The first-order chi connectivity index (χ1) is 14.7. The van der Waals surface area contributed by atoms with E-state index in [1.807, 2.05) is 0 Å². The molecule has 0 unspecified atom stereocenters. The highest BCUT2D eigenvalue weighted by Gasteiger charge is 2.34. The van der Waals surface area contributed by atoms with Gasteiger partial charge in [-0.25, -0.2) is 13.2 Å². The van der Waals surface area contributed by atoms with Crippen LogP contribution in [-0.4, -0.2) is 74.6 Å². The van der Waals surface area contributed by atoms with Crippen molar-refractivity contribution in [2.45, 2.75) is 18.7 Å². The molecule has 0 spiro atoms. The number of carbonyl (C=O) groups excluding carboxylic acids is 2. The largest absolute Gasteiger partial charge is 0.375 e. The number of sulfonamides is 1. The van der Waals surface area contributed by atoms with Gasteiger partial charge in [0.1, 0.15) is 17.2 Å². The van der Waals surface area contributed by atoms with Gasteiger partial charge in [-0.15, -0.1) is 0 Å². The van der Waals surface area contributed by atoms with Crippen LogP contribution in [0.5, 0.6) is 0 Å². The number of aryl methyl sites for hydroxylation is 2. The van der Waals surface area contributed by atoms with Crippen molar-refractivity contribution in [1.82, 2.24) is 14.4 Å². The minimum absolute atomic E-state index is 0.0452. The van der Waals surface area contributed by atoms with E-state index in [0.717, 1.165) is 0 Å². The van der Waals surface area contributed by atoms with E-state index in [-0.39, 0.29) is 55.4 Å². The van der Waals surface area contributed by atoms with Crippen LogP contribution >= 0.6 is 0 Å². The molecule has 1 aromatic heterocycles. The molecule has 0 bridgehead atoms. The first-order valence-corrected chi connectivity index (χ1v) is 11.0. The third-order valence-corrected chi connectivity index (χ3v) is 6.93. The van der Waals surface area contributed by atoms with E-state index in [2.05, 4.69) is 15.8 Å². The molecule has 12 heteroatoms. The lowest BCUT2D eigenvalue weighted by molar-refractivity contribution is -0.119. The van der Waals surface area contributed by atoms with Crippen LogP contribution in [-0.2, 0) is 19.6 Å². The van der Waals surface area contributed by atoms with Crippen LogP contribution < -0.4 is 10.6 Å². The lowest BCUT2D eigenvalue weighted by Gasteiger charge is -2.33. The van der Waals surface area contributed by atoms with E-state index >= 15 is 0 Å². The fourth-order valence-corrected chi connectivity index (χ4v) is 4.98. The molecule has 11 nitrogen and oxygen atoms in total. The van der Waals surface area contributed by atoms with E-state index in [1.165, 1.54) is 11.4 Å². The average molecular weight is 452 g/mol. The van der Waals surface area contributed by atoms with Crippen molar-refractivity contribution in [3.63, 3.8) is 0 Å². The molecule has 1 aliphatic rings. The molecule has 2 N–H and O–H groups in total. The molecule has 0 radical (unpaired) electrons. The maximum atomic E-state index is 12.9. The van der Waals surface area contributed by atoms with Crippen LogP contribution in [0.4, 0.5) is 16.2 Å². The van der Waals surface area contributed by atoms with Crippen molar-refractivity contribution in [3.8, 4) is 0 Å². The lowest BCUT2D eigenvalue weighted by atomic mass is 10.2. The summed E-state index contributed by atoms with van der Waals surface area (Å²) in [6, 6.07) is 6.33. The molecule has 0 saturated carbocycles. The van der Waals surface area contributed by atoms with Crippen LogP contribution in [0.25, 0.3) is 0 Å². The molecule has 0 atom stereocenters. The molecule has 168 valence electrons. The fraction of sp³-hybridized carbons (Fsp3) is 0.421. The number of carbonyl (C=O) groups is 2. The Morgan fingerprint density at radius 1 is 1.06 bits per heavy atom. The third kappa shape index (κ3) is 5.21. The first kappa shape index (κ1) is 22.7. The summed E-state index contributed by atoms with van der Waals surface area (Å²) in [5.41, 5.74) is 1.46. The Kier molecular flexibility index (Phi) is 6.93. The molecule has 3 rings (SSSR count). The van der Waals surface area contributed by atoms with Gasteiger partial charge in [-0.1, -0.05) is 5.16 Å². The number of ether oxygens (including phenoxy) is 1. The number of hydrogen-bond acceptors (Lipinski definition) is 7. The van der Waals surface area contributed by atoms with Gasteiger partial charge < -0.3 is 24.8 Å². The molecule has 1 aromatic carbocycles. The van der Waals surface area contributed by atoms with Gasteiger partial charge in [0, 0.05) is 44.7 Å². The SMILES string of the molecule is COCC(=O)Nc1ccc(NC(=O)N2CCN(S(=O)(=O)c3c(C)noc3C)CC2)cc1. The van der Waals surface area contributed by atoms with Gasteiger partial charge in [0.25, 0.3) is 0 Å². The van der Waals surface area contributed by atoms with Crippen molar-refractivity contribution in [2.75, 3.05) is 50.5 Å². The topological polar surface area (TPSA) is 134 Å². The predicted molar refractivity (Wildman–Crippen MR) is 112 cm³/mol. The van der Waals surface area contributed by atoms with Crippen molar-refractivity contribution in [3.05, 3.63) is 35.7 Å². The van der Waals surface area contributed by atoms with Crippen molar-refractivity contribution in [2.24, 2.45) is 0 Å². The minimum Gasteiger partial charge on any atom is -0.375 e. The summed E-state index contributed by atoms with van der Waals surface area (Å²) in [5.74, 6) is -0.0248. The maximum absolute atomic E-state index is 12.9. The van der Waals surface area contributed by atoms with Gasteiger partial charge >= 0.3 is 6.03 Å². The Morgan fingerprint density at radius 3 is 2.16 bits per heavy atom. The third-order valence-electron chi connectivity index (χ3n) is 4.79. The molecular formula is C19H25N5O6S. The molecule has 31 heavy (non-hydrogen) atoms. The number of rotatable bonds is 6. The van der Waals surface area contributed by atoms with Gasteiger partial charge in [0.15, 0.2) is 5.76 Å². The van der Waals surface area contributed by atoms with Crippen LogP contribution in [0.2, 0.25) is 0 Å². The number of nitrogens with zero attached hydrogens (tertiary/aromatic N) is 3. The number of methoxy groups -OCH3 is 1. The second-order valence-corrected chi connectivity index (χ2v) is 8.91. The molecule has 2 aromatic rings. The van der Waals surface area contributed by atoms with E-state index in [1.54, 1.807) is 43.0 Å². The summed E-state index contributed by atoms with van der Waals surface area (Å²) in [4.78, 5) is 25.7. The zero-order valence-electron chi connectivity index (χ0n) is 17.5. The first-order valence-electron chi connectivity index (χ1n) is 9.60. The standard InChI is InChI=1S/C19H25N5O6S/c1-13-18(14(2)30-22-13)31(27,28)24-10-8-23(9-11-24)19(26)21-16-6-4-15(5-7-16)20-17(25)12-29-3/h4-7H,8-12H2,1-3H3,(H,20,25)(H,21,26). The van der Waals surface area contributed by atoms with Crippen LogP contribution in [0.1, 0.15) is 11.5 Å². The maximum Gasteiger partial charge on any atom is 0.321 e. The molecule has 1 fully saturated rings. The molecule has 0 aliphatic carbocycles. The van der Waals surface area contributed by atoms with E-state index in [0.29, 0.717) is 17.1 Å². The van der Waals surface area contributed by atoms with Crippen molar-refractivity contribution >= 4 is 33.3 Å². The zero-order chi connectivity index (χ0) is 22.6. The molecular weight excluding hydrogens is 426 g/mol. The molecule has 1 aliphatic heterocycles. The smallest absolute Gasteiger partial charge is 0.321 e.